The lowest BCUT2D eigenvalue weighted by Gasteiger charge is -2.08. The van der Waals surface area contributed by atoms with Crippen molar-refractivity contribution in [2.24, 2.45) is 9.98 Å². The third-order valence-corrected chi connectivity index (χ3v) is 11.3. The van der Waals surface area contributed by atoms with E-state index in [2.05, 4.69) is 49.3 Å². The normalized spacial score (nSPS) is 10.5. The van der Waals surface area contributed by atoms with Crippen LogP contribution in [0.4, 0.5) is 11.4 Å². The highest BCUT2D eigenvalue weighted by Gasteiger charge is 2.09. The monoisotopic (exact) mass is 942 g/mol. The van der Waals surface area contributed by atoms with Crippen LogP contribution in [0.5, 0.6) is 23.0 Å². The van der Waals surface area contributed by atoms with Gasteiger partial charge in [0, 0.05) is 69.4 Å². The lowest BCUT2D eigenvalue weighted by molar-refractivity contribution is 0.402. The molecule has 0 aliphatic carbocycles. The molecule has 0 atom stereocenters. The number of hydrogen-bond acceptors (Lipinski definition) is 10. The van der Waals surface area contributed by atoms with Crippen LogP contribution in [-0.2, 0) is 0 Å². The summed E-state index contributed by atoms with van der Waals surface area (Å²) in [5.74, 6) is 2.66. The zero-order chi connectivity index (χ0) is 49.5. The standard InChI is InChI=1S/C62H42N2O8/c1-65-53-31-33-59(67-3)47(39-53)41-63-61-55-11-9-12-56(61)44-17-25-50(26-18-44)70-36-6-8-38-72-52-29-21-46(22-30-52)58-14-10-13-57(62(58)64-42-48-40-54(66-2)32-34-60(48)68-4)45-19-27-51(28-20-45)71-37-7-5-35-69-49-23-15-43(55)16-24-49/h9-34,39-42H,1-4H3. The SMILES string of the molecule is COc1ccc(OC)c(C=Nc2c3cccc2c2ccc(cc2)oc#cc#coc2ccc(cc2)c2cccc(c2N=Cc2cc(OC)ccc2OC)c2ccc(cc2)oc#cc#coc2ccc3cc2)c1. The van der Waals surface area contributed by atoms with E-state index in [4.69, 9.17) is 46.6 Å². The molecule has 0 aliphatic rings. The zero-order valence-corrected chi connectivity index (χ0v) is 39.5. The summed E-state index contributed by atoms with van der Waals surface area (Å²) in [5, 5.41) is 7.14. The Kier molecular flexibility index (Phi) is 14.8. The summed E-state index contributed by atoms with van der Waals surface area (Å²) in [4.78, 5) is 10.1. The van der Waals surface area contributed by atoms with E-state index in [1.165, 1.54) is 0 Å². The first kappa shape index (κ1) is 46.8. The molecule has 10 nitrogen and oxygen atoms in total. The first-order valence-electron chi connectivity index (χ1n) is 22.4. The number of ether oxygens (including phenoxy) is 4. The van der Waals surface area contributed by atoms with Gasteiger partial charge in [0.1, 0.15) is 70.4 Å². The van der Waals surface area contributed by atoms with Gasteiger partial charge in [0.25, 0.3) is 0 Å². The van der Waals surface area contributed by atoms with Crippen LogP contribution in [0.2, 0.25) is 0 Å². The first-order valence-corrected chi connectivity index (χ1v) is 22.4. The second kappa shape index (κ2) is 22.7. The van der Waals surface area contributed by atoms with Crippen LogP contribution >= 0.6 is 0 Å². The summed E-state index contributed by atoms with van der Waals surface area (Å²) >= 11 is 0. The number of benzene rings is 8. The van der Waals surface area contributed by atoms with Gasteiger partial charge in [0.2, 0.25) is 0 Å². The molecule has 7 heterocycles. The summed E-state index contributed by atoms with van der Waals surface area (Å²) in [6.07, 6.45) is 14.2. The maximum Gasteiger partial charge on any atom is 0.140 e. The Bertz CT molecular complexity index is 3350. The third kappa shape index (κ3) is 11.2. The van der Waals surface area contributed by atoms with Gasteiger partial charge in [0.15, 0.2) is 0 Å². The van der Waals surface area contributed by atoms with E-state index in [9.17, 15) is 0 Å². The van der Waals surface area contributed by atoms with Crippen LogP contribution in [0.1, 0.15) is 11.1 Å². The van der Waals surface area contributed by atoms with E-state index in [0.717, 1.165) is 65.6 Å². The molecule has 7 aromatic heterocycles. The molecule has 12 bridgehead atoms. The Hall–Kier alpha value is -10.3. The summed E-state index contributed by atoms with van der Waals surface area (Å²) in [7, 11) is 6.48. The number of aliphatic imine (C=N–C) groups is 2. The highest BCUT2D eigenvalue weighted by Crippen LogP contribution is 2.35. The fraction of sp³-hybridized carbons (Fsp3) is 0.0645. The molecule has 348 valence electrons. The Balaban J connectivity index is 1.17. The molecule has 8 aromatic carbocycles. The van der Waals surface area contributed by atoms with E-state index in [1.807, 2.05) is 170 Å². The highest BCUT2D eigenvalue weighted by molar-refractivity contribution is 6.08. The lowest BCUT2D eigenvalue weighted by atomic mass is 10.0. The molecule has 0 aliphatic heterocycles. The molecule has 15 aromatic rings. The van der Waals surface area contributed by atoms with E-state index in [-0.39, 0.29) is 0 Å². The average molecular weight is 943 g/mol. The van der Waals surface area contributed by atoms with Crippen molar-refractivity contribution in [1.29, 1.82) is 0 Å². The predicted molar refractivity (Wildman–Crippen MR) is 282 cm³/mol. The van der Waals surface area contributed by atoms with Crippen LogP contribution in [0, 0.1) is 49.3 Å². The number of nitrogens with zero attached hydrogens (tertiary/aromatic N) is 2. The molecule has 0 amide bonds. The van der Waals surface area contributed by atoms with Gasteiger partial charge in [-0.1, -0.05) is 84.9 Å². The molecule has 0 fully saturated rings. The van der Waals surface area contributed by atoms with Crippen molar-refractivity contribution < 1.29 is 36.6 Å². The smallest absolute Gasteiger partial charge is 0.140 e. The summed E-state index contributed by atoms with van der Waals surface area (Å²) in [6, 6.07) is 64.4. The van der Waals surface area contributed by atoms with E-state index in [0.29, 0.717) is 45.3 Å². The Morgan fingerprint density at radius 1 is 0.347 bits per heavy atom. The van der Waals surface area contributed by atoms with Crippen molar-refractivity contribution in [1.82, 2.24) is 0 Å². The van der Waals surface area contributed by atoms with Gasteiger partial charge >= 0.3 is 0 Å². The number of para-hydroxylation sites is 2. The predicted octanol–water partition coefficient (Wildman–Crippen LogP) is 15.1. The largest absolute Gasteiger partial charge is 0.497 e. The van der Waals surface area contributed by atoms with Gasteiger partial charge in [0.05, 0.1) is 39.8 Å². The molecule has 72 heavy (non-hydrogen) atoms. The minimum Gasteiger partial charge on any atom is -0.497 e. The second-order valence-corrected chi connectivity index (χ2v) is 15.5. The summed E-state index contributed by atoms with van der Waals surface area (Å²) < 4.78 is 45.2. The summed E-state index contributed by atoms with van der Waals surface area (Å²) in [6.45, 7) is 0. The fourth-order valence-electron chi connectivity index (χ4n) is 7.70. The van der Waals surface area contributed by atoms with Gasteiger partial charge in [-0.15, -0.1) is 0 Å². The molecule has 0 N–H and O–H groups in total. The molecule has 0 saturated carbocycles. The molecule has 0 radical (unpaired) electrons. The topological polar surface area (TPSA) is 114 Å². The van der Waals surface area contributed by atoms with Crippen molar-refractivity contribution in [3.8, 4) is 23.0 Å². The van der Waals surface area contributed by atoms with E-state index >= 15 is 0 Å². The van der Waals surface area contributed by atoms with E-state index < -0.39 is 0 Å². The minimum atomic E-state index is 0.536. The second-order valence-electron chi connectivity index (χ2n) is 15.5. The van der Waals surface area contributed by atoms with Crippen molar-refractivity contribution in [3.05, 3.63) is 230 Å². The van der Waals surface area contributed by atoms with Crippen molar-refractivity contribution in [2.75, 3.05) is 28.4 Å². The van der Waals surface area contributed by atoms with Crippen molar-refractivity contribution >= 4 is 89.2 Å². The van der Waals surface area contributed by atoms with Crippen LogP contribution in [0.3, 0.4) is 0 Å². The molecule has 0 spiro atoms. The highest BCUT2D eigenvalue weighted by atomic mass is 16.5. The first-order chi connectivity index (χ1) is 35.5. The maximum atomic E-state index is 5.74. The Morgan fingerprint density at radius 2 is 0.639 bits per heavy atom. The van der Waals surface area contributed by atoms with Crippen LogP contribution < -0.4 is 18.9 Å². The number of rotatable bonds is 8. The minimum absolute atomic E-state index is 0.536. The third-order valence-electron chi connectivity index (χ3n) is 11.3. The van der Waals surface area contributed by atoms with Gasteiger partial charge in [-0.05, 0) is 106 Å². The molecule has 0 saturated heterocycles. The van der Waals surface area contributed by atoms with Gasteiger partial charge in [-0.3, -0.25) is 9.98 Å². The maximum absolute atomic E-state index is 5.74. The average Bonchev–Trinajstić information content (AvgIpc) is 3.43. The van der Waals surface area contributed by atoms with Crippen molar-refractivity contribution in [3.63, 3.8) is 0 Å². The fourth-order valence-corrected chi connectivity index (χ4v) is 7.70. The van der Waals surface area contributed by atoms with Gasteiger partial charge in [-0.25, -0.2) is 0 Å². The van der Waals surface area contributed by atoms with E-state index in [1.54, 1.807) is 40.9 Å². The molecule has 0 unspecified atom stereocenters. The van der Waals surface area contributed by atoms with Gasteiger partial charge < -0.3 is 36.6 Å². The molecular weight excluding hydrogens is 901 g/mol. The van der Waals surface area contributed by atoms with Gasteiger partial charge in [-0.2, -0.15) is 0 Å². The summed E-state index contributed by atoms with van der Waals surface area (Å²) in [5.41, 5.74) is 5.10. The Labute approximate surface area is 415 Å². The molecular formula is C62H42N2O8. The molecule has 15 rings (SSSR count). The lowest BCUT2D eigenvalue weighted by Crippen LogP contribution is -1.92. The Morgan fingerprint density at radius 3 is 0.903 bits per heavy atom. The van der Waals surface area contributed by atoms with Crippen LogP contribution in [0.25, 0.3) is 65.4 Å². The quantitative estimate of drug-likeness (QED) is 0.138. The van der Waals surface area contributed by atoms with Crippen LogP contribution in [0.15, 0.2) is 198 Å². The molecule has 10 heteroatoms. The number of methoxy groups -OCH3 is 4. The zero-order valence-electron chi connectivity index (χ0n) is 39.5. The van der Waals surface area contributed by atoms with Crippen LogP contribution in [-0.4, -0.2) is 40.9 Å². The number of hydrogen-bond donors (Lipinski definition) is 0. The van der Waals surface area contributed by atoms with Crippen molar-refractivity contribution in [2.45, 2.75) is 0 Å².